The second kappa shape index (κ2) is 11.4. The molecule has 0 heterocycles. The van der Waals surface area contributed by atoms with E-state index in [1.54, 1.807) is 60.7 Å². The van der Waals surface area contributed by atoms with E-state index in [0.717, 1.165) is 0 Å². The summed E-state index contributed by atoms with van der Waals surface area (Å²) in [6, 6.07) is 16.3. The minimum absolute atomic E-state index is 0.00300. The normalized spacial score (nSPS) is 12.5. The molecule has 0 saturated heterocycles. The van der Waals surface area contributed by atoms with Gasteiger partial charge in [-0.05, 0) is 53.1 Å². The minimum Gasteiger partial charge on any atom is -0.612 e. The minimum atomic E-state index is -1.41. The van der Waals surface area contributed by atoms with Crippen LogP contribution in [0.2, 0.25) is 10.0 Å². The van der Waals surface area contributed by atoms with Gasteiger partial charge in [-0.15, -0.1) is 0 Å². The summed E-state index contributed by atoms with van der Waals surface area (Å²) >= 11 is 10.7. The van der Waals surface area contributed by atoms with E-state index in [-0.39, 0.29) is 27.6 Å². The SMILES string of the molecule is C[S+]([O-])c1ccccc1C(=O)NC(Cc1ccc(NC(=O)c2c(Cl)cccc2Cl)cc1)C(=O)O. The molecule has 0 aromatic heterocycles. The van der Waals surface area contributed by atoms with Gasteiger partial charge in [0.1, 0.15) is 12.3 Å². The first-order valence-electron chi connectivity index (χ1n) is 9.97. The molecule has 3 N–H and O–H groups in total. The van der Waals surface area contributed by atoms with Crippen molar-refractivity contribution in [2.24, 2.45) is 0 Å². The zero-order valence-corrected chi connectivity index (χ0v) is 20.2. The number of amides is 2. The summed E-state index contributed by atoms with van der Waals surface area (Å²) in [5.41, 5.74) is 1.39. The lowest BCUT2D eigenvalue weighted by Gasteiger charge is -2.16. The van der Waals surface area contributed by atoms with E-state index in [0.29, 0.717) is 16.1 Å². The molecule has 2 unspecified atom stereocenters. The molecule has 0 aliphatic carbocycles. The van der Waals surface area contributed by atoms with Crippen molar-refractivity contribution in [3.05, 3.63) is 93.5 Å². The van der Waals surface area contributed by atoms with Crippen LogP contribution in [0.5, 0.6) is 0 Å². The van der Waals surface area contributed by atoms with Crippen LogP contribution in [0.4, 0.5) is 5.69 Å². The van der Waals surface area contributed by atoms with Gasteiger partial charge < -0.3 is 20.3 Å². The molecule has 0 aliphatic heterocycles. The fourth-order valence-electron chi connectivity index (χ4n) is 3.21. The molecule has 7 nitrogen and oxygen atoms in total. The first kappa shape index (κ1) is 25.6. The average molecular weight is 519 g/mol. The van der Waals surface area contributed by atoms with Crippen LogP contribution < -0.4 is 10.6 Å². The Morgan fingerprint density at radius 3 is 2.15 bits per heavy atom. The molecule has 0 bridgehead atoms. The third kappa shape index (κ3) is 6.30. The highest BCUT2D eigenvalue weighted by Gasteiger charge is 2.24. The van der Waals surface area contributed by atoms with Gasteiger partial charge in [0.05, 0.1) is 21.2 Å². The lowest BCUT2D eigenvalue weighted by Crippen LogP contribution is -2.42. The van der Waals surface area contributed by atoms with Gasteiger partial charge in [-0.1, -0.05) is 53.5 Å². The van der Waals surface area contributed by atoms with Crippen LogP contribution in [-0.4, -0.2) is 39.7 Å². The summed E-state index contributed by atoms with van der Waals surface area (Å²) < 4.78 is 11.9. The number of aliphatic carboxylic acids is 1. The molecular weight excluding hydrogens is 499 g/mol. The lowest BCUT2D eigenvalue weighted by molar-refractivity contribution is -0.139. The van der Waals surface area contributed by atoms with E-state index >= 15 is 0 Å². The van der Waals surface area contributed by atoms with Crippen LogP contribution in [-0.2, 0) is 22.4 Å². The molecule has 0 spiro atoms. The van der Waals surface area contributed by atoms with Crippen LogP contribution in [0.15, 0.2) is 71.6 Å². The van der Waals surface area contributed by atoms with E-state index in [1.807, 2.05) is 0 Å². The van der Waals surface area contributed by atoms with Gasteiger partial charge in [0.2, 0.25) is 0 Å². The maximum absolute atomic E-state index is 12.7. The Morgan fingerprint density at radius 1 is 0.941 bits per heavy atom. The van der Waals surface area contributed by atoms with Gasteiger partial charge in [0, 0.05) is 12.1 Å². The highest BCUT2D eigenvalue weighted by atomic mass is 35.5. The van der Waals surface area contributed by atoms with Crippen molar-refractivity contribution in [3.8, 4) is 0 Å². The third-order valence-electron chi connectivity index (χ3n) is 4.89. The van der Waals surface area contributed by atoms with E-state index < -0.39 is 35.0 Å². The Kier molecular flexibility index (Phi) is 8.57. The number of carbonyl (C=O) groups excluding carboxylic acids is 2. The summed E-state index contributed by atoms with van der Waals surface area (Å²) in [6.45, 7) is 0. The summed E-state index contributed by atoms with van der Waals surface area (Å²) in [7, 11) is 0. The topological polar surface area (TPSA) is 119 Å². The van der Waals surface area contributed by atoms with Crippen LogP contribution in [0, 0.1) is 0 Å². The Morgan fingerprint density at radius 2 is 1.56 bits per heavy atom. The second-order valence-electron chi connectivity index (χ2n) is 7.27. The maximum Gasteiger partial charge on any atom is 0.326 e. The Labute approximate surface area is 209 Å². The number of hydrogen-bond donors (Lipinski definition) is 3. The van der Waals surface area contributed by atoms with E-state index in [9.17, 15) is 24.0 Å². The van der Waals surface area contributed by atoms with Gasteiger partial charge >= 0.3 is 5.97 Å². The number of carboxylic acid groups (broad SMARTS) is 1. The number of benzene rings is 3. The van der Waals surface area contributed by atoms with Gasteiger partial charge in [-0.2, -0.15) is 0 Å². The first-order chi connectivity index (χ1) is 16.2. The standard InChI is InChI=1S/C24H20Cl2N2O5S/c1-34(33)20-8-3-2-5-16(20)22(29)28-19(24(31)32)13-14-9-11-15(12-10-14)27-23(30)21-17(25)6-4-7-18(21)26/h2-12,19H,13H2,1H3,(H,27,30)(H,28,29)(H,31,32). The van der Waals surface area contributed by atoms with Crippen LogP contribution in [0.1, 0.15) is 26.3 Å². The lowest BCUT2D eigenvalue weighted by atomic mass is 10.0. The fraction of sp³-hybridized carbons (Fsp3) is 0.125. The Hall–Kier alpha value is -3.04. The van der Waals surface area contributed by atoms with Crippen molar-refractivity contribution in [2.75, 3.05) is 11.6 Å². The van der Waals surface area contributed by atoms with Crippen molar-refractivity contribution >= 4 is 57.8 Å². The summed E-state index contributed by atoms with van der Waals surface area (Å²) in [5, 5.41) is 15.2. The van der Waals surface area contributed by atoms with Gasteiger partial charge in [0.25, 0.3) is 11.8 Å². The number of hydrogen-bond acceptors (Lipinski definition) is 4. The van der Waals surface area contributed by atoms with Crippen LogP contribution >= 0.6 is 23.2 Å². The second-order valence-corrected chi connectivity index (χ2v) is 9.43. The zero-order chi connectivity index (χ0) is 24.8. The predicted molar refractivity (Wildman–Crippen MR) is 132 cm³/mol. The molecule has 2 atom stereocenters. The van der Waals surface area contributed by atoms with Crippen molar-refractivity contribution in [2.45, 2.75) is 17.4 Å². The smallest absolute Gasteiger partial charge is 0.326 e. The number of carboxylic acids is 1. The highest BCUT2D eigenvalue weighted by molar-refractivity contribution is 7.90. The molecule has 34 heavy (non-hydrogen) atoms. The number of carbonyl (C=O) groups is 3. The Balaban J connectivity index is 1.69. The molecular formula is C24H20Cl2N2O5S. The molecule has 0 fully saturated rings. The van der Waals surface area contributed by atoms with Gasteiger partial charge in [-0.25, -0.2) is 4.79 Å². The van der Waals surface area contributed by atoms with Crippen molar-refractivity contribution in [3.63, 3.8) is 0 Å². The zero-order valence-electron chi connectivity index (χ0n) is 17.9. The van der Waals surface area contributed by atoms with E-state index in [2.05, 4.69) is 10.6 Å². The molecule has 10 heteroatoms. The van der Waals surface area contributed by atoms with Crippen molar-refractivity contribution in [1.29, 1.82) is 0 Å². The van der Waals surface area contributed by atoms with E-state index in [4.69, 9.17) is 23.2 Å². The summed E-state index contributed by atoms with van der Waals surface area (Å²) in [5.74, 6) is -2.32. The number of nitrogens with one attached hydrogen (secondary N) is 2. The van der Waals surface area contributed by atoms with Gasteiger partial charge in [0.15, 0.2) is 4.90 Å². The monoisotopic (exact) mass is 518 g/mol. The molecule has 176 valence electrons. The molecule has 0 aliphatic rings. The Bertz CT molecular complexity index is 1200. The fourth-order valence-corrected chi connectivity index (χ4v) is 4.52. The molecule has 2 amide bonds. The quantitative estimate of drug-likeness (QED) is 0.381. The van der Waals surface area contributed by atoms with E-state index in [1.165, 1.54) is 12.3 Å². The summed E-state index contributed by atoms with van der Waals surface area (Å²) in [6.07, 6.45) is 1.45. The first-order valence-corrected chi connectivity index (χ1v) is 12.3. The molecule has 0 saturated carbocycles. The third-order valence-corrected chi connectivity index (χ3v) is 6.49. The molecule has 3 aromatic rings. The number of halogens is 2. The maximum atomic E-state index is 12.7. The average Bonchev–Trinajstić information content (AvgIpc) is 2.79. The van der Waals surface area contributed by atoms with Crippen molar-refractivity contribution in [1.82, 2.24) is 5.32 Å². The van der Waals surface area contributed by atoms with Crippen LogP contribution in [0.3, 0.4) is 0 Å². The number of anilines is 1. The van der Waals surface area contributed by atoms with Crippen molar-refractivity contribution < 1.29 is 24.0 Å². The van der Waals surface area contributed by atoms with Crippen LogP contribution in [0.25, 0.3) is 0 Å². The highest BCUT2D eigenvalue weighted by Crippen LogP contribution is 2.25. The predicted octanol–water partition coefficient (Wildman–Crippen LogP) is 4.41. The largest absolute Gasteiger partial charge is 0.612 e. The number of rotatable bonds is 8. The molecule has 3 aromatic carbocycles. The molecule has 3 rings (SSSR count). The summed E-state index contributed by atoms with van der Waals surface area (Å²) in [4.78, 5) is 37.3. The molecule has 0 radical (unpaired) electrons. The van der Waals surface area contributed by atoms with Gasteiger partial charge in [-0.3, -0.25) is 9.59 Å².